The van der Waals surface area contributed by atoms with Gasteiger partial charge in [-0.25, -0.2) is 9.97 Å². The highest BCUT2D eigenvalue weighted by Gasteiger charge is 2.53. The Bertz CT molecular complexity index is 1130. The van der Waals surface area contributed by atoms with Crippen LogP contribution in [0.15, 0.2) is 36.5 Å². The lowest BCUT2D eigenvalue weighted by atomic mass is 10.1. The largest absolute Gasteiger partial charge is 0.352 e. The average molecular weight is 390 g/mol. The Morgan fingerprint density at radius 3 is 2.89 bits per heavy atom. The van der Waals surface area contributed by atoms with Gasteiger partial charge in [0.05, 0.1) is 22.6 Å². The molecule has 2 aliphatic rings. The highest BCUT2D eigenvalue weighted by Crippen LogP contribution is 2.46. The van der Waals surface area contributed by atoms with Gasteiger partial charge in [0.1, 0.15) is 17.0 Å². The molecule has 2 fully saturated rings. The van der Waals surface area contributed by atoms with Crippen molar-refractivity contribution < 1.29 is 4.79 Å². The molecule has 140 valence electrons. The van der Waals surface area contributed by atoms with Crippen LogP contribution in [-0.2, 0) is 0 Å². The lowest BCUT2D eigenvalue weighted by Gasteiger charge is -2.43. The number of amides is 1. The van der Waals surface area contributed by atoms with Crippen molar-refractivity contribution in [2.45, 2.75) is 18.4 Å². The molecule has 1 saturated carbocycles. The second kappa shape index (κ2) is 6.29. The molecule has 1 amide bonds. The van der Waals surface area contributed by atoms with E-state index in [1.807, 2.05) is 17.2 Å². The number of nitriles is 1. The lowest BCUT2D eigenvalue weighted by molar-refractivity contribution is 0.0624. The predicted molar refractivity (Wildman–Crippen MR) is 110 cm³/mol. The Hall–Kier alpha value is -2.97. The second-order valence-electron chi connectivity index (χ2n) is 7.44. The maximum absolute atomic E-state index is 13.2. The van der Waals surface area contributed by atoms with Crippen LogP contribution in [0.5, 0.6) is 0 Å². The molecule has 1 aliphatic heterocycles. The average Bonchev–Trinajstić information content (AvgIpc) is 3.30. The molecule has 1 aromatic carbocycles. The molecule has 1 spiro atoms. The Kier molecular flexibility index (Phi) is 3.85. The number of carbonyl (C=O) groups is 1. The minimum absolute atomic E-state index is 0.00969. The molecule has 28 heavy (non-hydrogen) atoms. The number of hydrogen-bond donors (Lipinski definition) is 1. The van der Waals surface area contributed by atoms with E-state index in [2.05, 4.69) is 35.2 Å². The van der Waals surface area contributed by atoms with Crippen LogP contribution in [-0.4, -0.2) is 50.9 Å². The zero-order valence-corrected chi connectivity index (χ0v) is 16.4. The van der Waals surface area contributed by atoms with Gasteiger partial charge in [0, 0.05) is 31.4 Å². The fraction of sp³-hybridized carbons (Fsp3) is 0.300. The third-order valence-electron chi connectivity index (χ3n) is 5.67. The summed E-state index contributed by atoms with van der Waals surface area (Å²) in [6, 6.07) is 11.1. The molecule has 1 atom stereocenters. The number of aromatic amines is 1. The molecule has 1 saturated heterocycles. The van der Waals surface area contributed by atoms with Crippen molar-refractivity contribution in [3.8, 4) is 6.07 Å². The van der Waals surface area contributed by atoms with E-state index in [9.17, 15) is 4.79 Å². The van der Waals surface area contributed by atoms with Gasteiger partial charge in [0.25, 0.3) is 5.91 Å². The lowest BCUT2D eigenvalue weighted by Crippen LogP contribution is -2.57. The Morgan fingerprint density at radius 2 is 2.11 bits per heavy atom. The first kappa shape index (κ1) is 17.2. The minimum Gasteiger partial charge on any atom is -0.352 e. The number of hydrogen-bond acceptors (Lipinski definition) is 5. The van der Waals surface area contributed by atoms with Crippen molar-refractivity contribution in [1.82, 2.24) is 19.9 Å². The van der Waals surface area contributed by atoms with E-state index < -0.39 is 0 Å². The van der Waals surface area contributed by atoms with Gasteiger partial charge in [-0.05, 0) is 37.1 Å². The molecule has 0 radical (unpaired) electrons. The zero-order valence-electron chi connectivity index (χ0n) is 15.2. The third-order valence-corrected chi connectivity index (χ3v) is 5.93. The van der Waals surface area contributed by atoms with Crippen LogP contribution in [0.1, 0.15) is 28.8 Å². The summed E-state index contributed by atoms with van der Waals surface area (Å²) in [4.78, 5) is 29.7. The van der Waals surface area contributed by atoms with Crippen molar-refractivity contribution in [3.63, 3.8) is 0 Å². The predicted octanol–water partition coefficient (Wildman–Crippen LogP) is 1.82. The summed E-state index contributed by atoms with van der Waals surface area (Å²) in [7, 11) is 2.57. The van der Waals surface area contributed by atoms with E-state index in [0.29, 0.717) is 29.8 Å². The molecule has 2 aromatic heterocycles. The number of H-pyrrole nitrogens is 1. The summed E-state index contributed by atoms with van der Waals surface area (Å²) in [5.74, 6) is 0.927. The van der Waals surface area contributed by atoms with Crippen molar-refractivity contribution >= 4 is 37.6 Å². The number of nitrogens with zero attached hydrogens (tertiary/aromatic N) is 5. The summed E-state index contributed by atoms with van der Waals surface area (Å²) in [5.41, 5.74) is 2.43. The van der Waals surface area contributed by atoms with Crippen LogP contribution in [0.25, 0.3) is 11.0 Å². The molecule has 5 rings (SSSR count). The van der Waals surface area contributed by atoms with E-state index in [4.69, 9.17) is 5.26 Å². The number of anilines is 1. The standard InChI is InChI=1S/C20H19N6OP/c21-11-13-2-1-3-14(10-13)18(27)26-9-8-25(12-20(26)5-6-20)17-15-4-7-22-16(15)23-19(28)24-17/h1-4,7,10H,5-6,8-9,12,28H2,(H,22,23,24). The molecule has 1 aliphatic carbocycles. The van der Waals surface area contributed by atoms with Gasteiger partial charge in [0.2, 0.25) is 0 Å². The summed E-state index contributed by atoms with van der Waals surface area (Å²) in [6.07, 6.45) is 3.85. The van der Waals surface area contributed by atoms with E-state index >= 15 is 0 Å². The second-order valence-corrected chi connectivity index (χ2v) is 7.96. The van der Waals surface area contributed by atoms with Crippen LogP contribution in [0, 0.1) is 11.3 Å². The van der Waals surface area contributed by atoms with E-state index in [1.165, 1.54) is 0 Å². The van der Waals surface area contributed by atoms with E-state index in [-0.39, 0.29) is 11.4 Å². The first-order chi connectivity index (χ1) is 13.6. The topological polar surface area (TPSA) is 88.9 Å². The number of aromatic nitrogens is 3. The summed E-state index contributed by atoms with van der Waals surface area (Å²) in [6.45, 7) is 2.11. The Morgan fingerprint density at radius 1 is 1.25 bits per heavy atom. The monoisotopic (exact) mass is 390 g/mol. The zero-order chi connectivity index (χ0) is 19.3. The van der Waals surface area contributed by atoms with Crippen LogP contribution >= 0.6 is 9.24 Å². The van der Waals surface area contributed by atoms with Crippen LogP contribution in [0.2, 0.25) is 0 Å². The first-order valence-electron chi connectivity index (χ1n) is 9.27. The Balaban J connectivity index is 1.44. The minimum atomic E-state index is -0.146. The number of nitrogens with one attached hydrogen (secondary N) is 1. The summed E-state index contributed by atoms with van der Waals surface area (Å²) in [5, 5.41) is 10.1. The van der Waals surface area contributed by atoms with Gasteiger partial charge < -0.3 is 14.8 Å². The molecular formula is C20H19N6OP. The van der Waals surface area contributed by atoms with Gasteiger partial charge in [-0.3, -0.25) is 4.79 Å². The number of fused-ring (bicyclic) bond motifs is 1. The van der Waals surface area contributed by atoms with E-state index in [1.54, 1.807) is 24.3 Å². The maximum Gasteiger partial charge on any atom is 0.254 e. The maximum atomic E-state index is 13.2. The normalized spacial score (nSPS) is 17.7. The molecule has 1 N–H and O–H groups in total. The van der Waals surface area contributed by atoms with Crippen molar-refractivity contribution in [3.05, 3.63) is 47.7 Å². The van der Waals surface area contributed by atoms with Gasteiger partial charge >= 0.3 is 0 Å². The molecule has 0 bridgehead atoms. The first-order valence-corrected chi connectivity index (χ1v) is 9.85. The summed E-state index contributed by atoms with van der Waals surface area (Å²) < 4.78 is 0. The van der Waals surface area contributed by atoms with E-state index in [0.717, 1.165) is 36.2 Å². The van der Waals surface area contributed by atoms with Crippen LogP contribution in [0.4, 0.5) is 5.82 Å². The Labute approximate surface area is 164 Å². The smallest absolute Gasteiger partial charge is 0.254 e. The molecular weight excluding hydrogens is 371 g/mol. The molecule has 8 heteroatoms. The highest BCUT2D eigenvalue weighted by atomic mass is 31.0. The molecule has 1 unspecified atom stereocenters. The van der Waals surface area contributed by atoms with Gasteiger partial charge in [-0.1, -0.05) is 15.3 Å². The molecule has 7 nitrogen and oxygen atoms in total. The SMILES string of the molecule is N#Cc1cccc(C(=O)N2CCN(c3nc(P)nc4[nH]ccc34)CC23CC3)c1. The van der Waals surface area contributed by atoms with Gasteiger partial charge in [-0.15, -0.1) is 0 Å². The third kappa shape index (κ3) is 2.73. The quantitative estimate of drug-likeness (QED) is 0.675. The van der Waals surface area contributed by atoms with Crippen molar-refractivity contribution in [2.24, 2.45) is 0 Å². The van der Waals surface area contributed by atoms with Crippen molar-refractivity contribution in [2.75, 3.05) is 24.5 Å². The fourth-order valence-corrected chi connectivity index (χ4v) is 4.36. The fourth-order valence-electron chi connectivity index (χ4n) is 4.11. The number of piperazine rings is 1. The molecule has 3 aromatic rings. The van der Waals surface area contributed by atoms with Crippen LogP contribution in [0.3, 0.4) is 0 Å². The number of benzene rings is 1. The number of carbonyl (C=O) groups excluding carboxylic acids is 1. The molecule has 3 heterocycles. The number of rotatable bonds is 2. The van der Waals surface area contributed by atoms with Gasteiger partial charge in [-0.2, -0.15) is 5.26 Å². The highest BCUT2D eigenvalue weighted by molar-refractivity contribution is 7.26. The van der Waals surface area contributed by atoms with Crippen LogP contribution < -0.4 is 10.5 Å². The van der Waals surface area contributed by atoms with Gasteiger partial charge in [0.15, 0.2) is 0 Å². The summed E-state index contributed by atoms with van der Waals surface area (Å²) >= 11 is 0. The van der Waals surface area contributed by atoms with Crippen molar-refractivity contribution in [1.29, 1.82) is 5.26 Å².